The SMILES string of the molecule is CCNc1nc2c(c(=O)n(Cc3ccc(C)cc3)c(=O)n2C)n1C. The highest BCUT2D eigenvalue weighted by atomic mass is 16.2. The van der Waals surface area contributed by atoms with Crippen LogP contribution < -0.4 is 16.6 Å². The Morgan fingerprint density at radius 1 is 1.08 bits per heavy atom. The van der Waals surface area contributed by atoms with E-state index in [0.29, 0.717) is 23.7 Å². The average Bonchev–Trinajstić information content (AvgIpc) is 2.89. The van der Waals surface area contributed by atoms with E-state index in [2.05, 4.69) is 10.3 Å². The molecule has 0 saturated carbocycles. The lowest BCUT2D eigenvalue weighted by Crippen LogP contribution is -2.39. The third kappa shape index (κ3) is 2.51. The topological polar surface area (TPSA) is 73.8 Å². The fraction of sp³-hybridized carbons (Fsp3) is 0.353. The van der Waals surface area contributed by atoms with Gasteiger partial charge in [0, 0.05) is 20.6 Å². The molecule has 0 aliphatic carbocycles. The fourth-order valence-electron chi connectivity index (χ4n) is 2.78. The molecule has 0 saturated heterocycles. The third-order valence-electron chi connectivity index (χ3n) is 4.16. The maximum Gasteiger partial charge on any atom is 0.332 e. The summed E-state index contributed by atoms with van der Waals surface area (Å²) in [5.41, 5.74) is 2.16. The highest BCUT2D eigenvalue weighted by Gasteiger charge is 2.18. The summed E-state index contributed by atoms with van der Waals surface area (Å²) >= 11 is 0. The van der Waals surface area contributed by atoms with E-state index < -0.39 is 0 Å². The van der Waals surface area contributed by atoms with E-state index in [1.807, 2.05) is 38.1 Å². The van der Waals surface area contributed by atoms with Gasteiger partial charge in [-0.15, -0.1) is 0 Å². The Morgan fingerprint density at radius 2 is 1.75 bits per heavy atom. The van der Waals surface area contributed by atoms with Crippen molar-refractivity contribution in [2.45, 2.75) is 20.4 Å². The van der Waals surface area contributed by atoms with Crippen LogP contribution in [0.15, 0.2) is 33.9 Å². The van der Waals surface area contributed by atoms with Crippen molar-refractivity contribution in [2.24, 2.45) is 14.1 Å². The molecular formula is C17H21N5O2. The Bertz CT molecular complexity index is 1010. The van der Waals surface area contributed by atoms with E-state index in [4.69, 9.17) is 0 Å². The number of anilines is 1. The number of benzene rings is 1. The number of nitrogens with one attached hydrogen (secondary N) is 1. The molecule has 24 heavy (non-hydrogen) atoms. The van der Waals surface area contributed by atoms with Gasteiger partial charge in [-0.2, -0.15) is 4.98 Å². The maximum atomic E-state index is 12.9. The van der Waals surface area contributed by atoms with E-state index in [0.717, 1.165) is 11.1 Å². The zero-order chi connectivity index (χ0) is 17.4. The number of rotatable bonds is 4. The largest absolute Gasteiger partial charge is 0.356 e. The van der Waals surface area contributed by atoms with Gasteiger partial charge < -0.3 is 9.88 Å². The Morgan fingerprint density at radius 3 is 2.38 bits per heavy atom. The van der Waals surface area contributed by atoms with Crippen LogP contribution in [0.3, 0.4) is 0 Å². The zero-order valence-electron chi connectivity index (χ0n) is 14.3. The number of aromatic nitrogens is 4. The van der Waals surface area contributed by atoms with Crippen LogP contribution in [0.1, 0.15) is 18.1 Å². The van der Waals surface area contributed by atoms with E-state index in [9.17, 15) is 9.59 Å². The number of hydrogen-bond acceptors (Lipinski definition) is 4. The first-order valence-corrected chi connectivity index (χ1v) is 7.89. The highest BCUT2D eigenvalue weighted by Crippen LogP contribution is 2.13. The number of nitrogens with zero attached hydrogens (tertiary/aromatic N) is 4. The van der Waals surface area contributed by atoms with Gasteiger partial charge in [0.1, 0.15) is 0 Å². The Hall–Kier alpha value is -2.83. The lowest BCUT2D eigenvalue weighted by atomic mass is 10.1. The number of imidazole rings is 1. The highest BCUT2D eigenvalue weighted by molar-refractivity contribution is 5.74. The summed E-state index contributed by atoms with van der Waals surface area (Å²) in [6.45, 7) is 4.87. The predicted octanol–water partition coefficient (Wildman–Crippen LogP) is 1.22. The summed E-state index contributed by atoms with van der Waals surface area (Å²) in [7, 11) is 3.41. The summed E-state index contributed by atoms with van der Waals surface area (Å²) in [5.74, 6) is 0.577. The summed E-state index contributed by atoms with van der Waals surface area (Å²) in [4.78, 5) is 29.9. The molecule has 0 aliphatic rings. The van der Waals surface area contributed by atoms with Crippen LogP contribution in [0.2, 0.25) is 0 Å². The van der Waals surface area contributed by atoms with Gasteiger partial charge in [-0.05, 0) is 19.4 Å². The molecular weight excluding hydrogens is 306 g/mol. The maximum absolute atomic E-state index is 12.9. The van der Waals surface area contributed by atoms with Gasteiger partial charge in [0.05, 0.1) is 6.54 Å². The van der Waals surface area contributed by atoms with Crippen LogP contribution in [-0.4, -0.2) is 25.2 Å². The molecule has 2 heterocycles. The quantitative estimate of drug-likeness (QED) is 0.782. The van der Waals surface area contributed by atoms with E-state index in [1.54, 1.807) is 18.7 Å². The van der Waals surface area contributed by atoms with Crippen molar-refractivity contribution in [1.29, 1.82) is 0 Å². The van der Waals surface area contributed by atoms with E-state index >= 15 is 0 Å². The molecule has 0 unspecified atom stereocenters. The monoisotopic (exact) mass is 327 g/mol. The van der Waals surface area contributed by atoms with E-state index in [-0.39, 0.29) is 17.8 Å². The van der Waals surface area contributed by atoms with Crippen molar-refractivity contribution in [2.75, 3.05) is 11.9 Å². The Labute approximate surface area is 139 Å². The summed E-state index contributed by atoms with van der Waals surface area (Å²) in [5, 5.41) is 3.10. The molecule has 0 bridgehead atoms. The number of fused-ring (bicyclic) bond motifs is 1. The minimum atomic E-state index is -0.366. The molecule has 7 nitrogen and oxygen atoms in total. The second-order valence-electron chi connectivity index (χ2n) is 5.92. The molecule has 0 fully saturated rings. The first-order valence-electron chi connectivity index (χ1n) is 7.89. The van der Waals surface area contributed by atoms with Crippen LogP contribution in [0, 0.1) is 6.92 Å². The van der Waals surface area contributed by atoms with Gasteiger partial charge in [-0.1, -0.05) is 29.8 Å². The molecule has 3 aromatic rings. The van der Waals surface area contributed by atoms with Gasteiger partial charge in [-0.3, -0.25) is 13.9 Å². The zero-order valence-corrected chi connectivity index (χ0v) is 14.3. The van der Waals surface area contributed by atoms with Crippen molar-refractivity contribution >= 4 is 17.1 Å². The van der Waals surface area contributed by atoms with Crippen LogP contribution >= 0.6 is 0 Å². The molecule has 3 rings (SSSR count). The van der Waals surface area contributed by atoms with Crippen LogP contribution in [0.5, 0.6) is 0 Å². The second-order valence-corrected chi connectivity index (χ2v) is 5.92. The van der Waals surface area contributed by atoms with Gasteiger partial charge in [-0.25, -0.2) is 4.79 Å². The molecule has 0 amide bonds. The van der Waals surface area contributed by atoms with Crippen LogP contribution in [0.25, 0.3) is 11.2 Å². The number of hydrogen-bond donors (Lipinski definition) is 1. The minimum absolute atomic E-state index is 0.240. The van der Waals surface area contributed by atoms with Crippen LogP contribution in [-0.2, 0) is 20.6 Å². The third-order valence-corrected chi connectivity index (χ3v) is 4.16. The summed E-state index contributed by atoms with van der Waals surface area (Å²) in [6.07, 6.45) is 0. The first-order chi connectivity index (χ1) is 11.4. The Kier molecular flexibility index (Phi) is 4.01. The fourth-order valence-corrected chi connectivity index (χ4v) is 2.78. The summed E-state index contributed by atoms with van der Waals surface area (Å²) < 4.78 is 4.38. The Balaban J connectivity index is 2.21. The van der Waals surface area contributed by atoms with Crippen molar-refractivity contribution < 1.29 is 0 Å². The molecule has 1 aromatic carbocycles. The molecule has 0 radical (unpaired) electrons. The normalized spacial score (nSPS) is 11.2. The smallest absolute Gasteiger partial charge is 0.332 e. The molecule has 0 spiro atoms. The lowest BCUT2D eigenvalue weighted by molar-refractivity contribution is 0.655. The van der Waals surface area contributed by atoms with Crippen molar-refractivity contribution in [3.8, 4) is 0 Å². The molecule has 0 atom stereocenters. The summed E-state index contributed by atoms with van der Waals surface area (Å²) in [6, 6.07) is 7.80. The minimum Gasteiger partial charge on any atom is -0.356 e. The average molecular weight is 327 g/mol. The van der Waals surface area contributed by atoms with Gasteiger partial charge in [0.15, 0.2) is 11.2 Å². The van der Waals surface area contributed by atoms with Crippen molar-refractivity contribution in [3.63, 3.8) is 0 Å². The standard InChI is InChI=1S/C17H21N5O2/c1-5-18-16-19-14-13(20(16)3)15(23)22(17(24)21(14)4)10-12-8-6-11(2)7-9-12/h6-9H,5,10H2,1-4H3,(H,18,19). The van der Waals surface area contributed by atoms with Gasteiger partial charge >= 0.3 is 5.69 Å². The van der Waals surface area contributed by atoms with Gasteiger partial charge in [0.2, 0.25) is 5.95 Å². The predicted molar refractivity (Wildman–Crippen MR) is 94.7 cm³/mol. The van der Waals surface area contributed by atoms with Crippen LogP contribution in [0.4, 0.5) is 5.95 Å². The molecule has 7 heteroatoms. The van der Waals surface area contributed by atoms with Crippen molar-refractivity contribution in [1.82, 2.24) is 18.7 Å². The first kappa shape index (κ1) is 16.0. The molecule has 1 N–H and O–H groups in total. The molecule has 2 aromatic heterocycles. The lowest BCUT2D eigenvalue weighted by Gasteiger charge is -2.09. The van der Waals surface area contributed by atoms with Crippen molar-refractivity contribution in [3.05, 3.63) is 56.2 Å². The van der Waals surface area contributed by atoms with Gasteiger partial charge in [0.25, 0.3) is 5.56 Å². The molecule has 126 valence electrons. The molecule has 0 aliphatic heterocycles. The second kappa shape index (κ2) is 5.99. The number of aryl methyl sites for hydroxylation is 3. The van der Waals surface area contributed by atoms with E-state index in [1.165, 1.54) is 9.13 Å².